The molecular weight excluding hydrogens is 184 g/mol. The first kappa shape index (κ1) is 9.71. The smallest absolute Gasteiger partial charge is 0.127 e. The lowest BCUT2D eigenvalue weighted by Crippen LogP contribution is -2.09. The number of anilines is 1. The van der Waals surface area contributed by atoms with E-state index in [0.717, 1.165) is 11.4 Å². The van der Waals surface area contributed by atoms with Crippen LogP contribution in [0, 0.1) is 0 Å². The van der Waals surface area contributed by atoms with Gasteiger partial charge in [-0.2, -0.15) is 0 Å². The number of pyridine rings is 1. The minimum absolute atomic E-state index is 0.981. The van der Waals surface area contributed by atoms with Gasteiger partial charge in [-0.15, -0.1) is 0 Å². The Morgan fingerprint density at radius 1 is 0.867 bits per heavy atom. The first-order chi connectivity index (χ1) is 7.27. The average molecular weight is 198 g/mol. The molecule has 15 heavy (non-hydrogen) atoms. The fourth-order valence-electron chi connectivity index (χ4n) is 1.45. The highest BCUT2D eigenvalue weighted by Gasteiger charge is 1.99. The molecular formula is C13H14N2. The molecule has 76 valence electrons. The van der Waals surface area contributed by atoms with E-state index in [9.17, 15) is 0 Å². The molecule has 2 heteroatoms. The van der Waals surface area contributed by atoms with E-state index in [1.165, 1.54) is 5.56 Å². The molecule has 0 radical (unpaired) electrons. The van der Waals surface area contributed by atoms with Crippen LogP contribution in [-0.2, 0) is 0 Å². The van der Waals surface area contributed by atoms with Gasteiger partial charge in [0, 0.05) is 25.9 Å². The van der Waals surface area contributed by atoms with Crippen molar-refractivity contribution in [2.24, 2.45) is 0 Å². The van der Waals surface area contributed by atoms with Crippen molar-refractivity contribution in [1.29, 1.82) is 0 Å². The first-order valence-corrected chi connectivity index (χ1v) is 4.96. The summed E-state index contributed by atoms with van der Waals surface area (Å²) in [5.41, 5.74) is 2.36. The second-order valence-electron chi connectivity index (χ2n) is 3.67. The van der Waals surface area contributed by atoms with Crippen molar-refractivity contribution in [2.45, 2.75) is 0 Å². The van der Waals surface area contributed by atoms with Crippen molar-refractivity contribution in [3.05, 3.63) is 48.7 Å². The molecule has 1 aromatic heterocycles. The fourth-order valence-corrected chi connectivity index (χ4v) is 1.45. The summed E-state index contributed by atoms with van der Waals surface area (Å²) >= 11 is 0. The van der Waals surface area contributed by atoms with Crippen molar-refractivity contribution in [3.63, 3.8) is 0 Å². The van der Waals surface area contributed by atoms with Crippen LogP contribution < -0.4 is 4.90 Å². The zero-order valence-corrected chi connectivity index (χ0v) is 9.01. The molecule has 0 saturated carbocycles. The Morgan fingerprint density at radius 3 is 2.13 bits per heavy atom. The summed E-state index contributed by atoms with van der Waals surface area (Å²) in [6.07, 6.45) is 1.91. The first-order valence-electron chi connectivity index (χ1n) is 4.96. The van der Waals surface area contributed by atoms with E-state index in [1.807, 2.05) is 49.5 Å². The Labute approximate surface area is 90.2 Å². The molecule has 0 spiro atoms. The SMILES string of the molecule is CN(C)c1ccc(-c2ccccc2)cn1. The molecule has 0 amide bonds. The Kier molecular flexibility index (Phi) is 2.68. The molecule has 0 aliphatic carbocycles. The van der Waals surface area contributed by atoms with E-state index in [-0.39, 0.29) is 0 Å². The monoisotopic (exact) mass is 198 g/mol. The molecule has 0 aliphatic heterocycles. The van der Waals surface area contributed by atoms with Gasteiger partial charge in [0.15, 0.2) is 0 Å². The van der Waals surface area contributed by atoms with Gasteiger partial charge in [0.05, 0.1) is 0 Å². The Morgan fingerprint density at radius 2 is 1.60 bits per heavy atom. The van der Waals surface area contributed by atoms with Gasteiger partial charge < -0.3 is 4.90 Å². The van der Waals surface area contributed by atoms with Crippen LogP contribution in [0.2, 0.25) is 0 Å². The van der Waals surface area contributed by atoms with Gasteiger partial charge in [0.25, 0.3) is 0 Å². The third kappa shape index (κ3) is 2.15. The average Bonchev–Trinajstić information content (AvgIpc) is 2.30. The molecule has 0 bridgehead atoms. The van der Waals surface area contributed by atoms with Crippen LogP contribution in [-0.4, -0.2) is 19.1 Å². The molecule has 1 heterocycles. The molecule has 2 rings (SSSR count). The van der Waals surface area contributed by atoms with Crippen molar-refractivity contribution in [1.82, 2.24) is 4.98 Å². The maximum Gasteiger partial charge on any atom is 0.127 e. The third-order valence-electron chi connectivity index (χ3n) is 2.31. The highest BCUT2D eigenvalue weighted by atomic mass is 15.1. The van der Waals surface area contributed by atoms with Crippen LogP contribution in [0.15, 0.2) is 48.7 Å². The predicted octanol–water partition coefficient (Wildman–Crippen LogP) is 2.81. The van der Waals surface area contributed by atoms with Crippen molar-refractivity contribution < 1.29 is 0 Å². The minimum atomic E-state index is 0.981. The zero-order chi connectivity index (χ0) is 10.7. The highest BCUT2D eigenvalue weighted by molar-refractivity contribution is 5.63. The van der Waals surface area contributed by atoms with Crippen molar-refractivity contribution >= 4 is 5.82 Å². The summed E-state index contributed by atoms with van der Waals surface area (Å²) in [5, 5.41) is 0. The maximum absolute atomic E-state index is 4.38. The number of benzene rings is 1. The molecule has 0 aliphatic rings. The van der Waals surface area contributed by atoms with Crippen LogP contribution in [0.25, 0.3) is 11.1 Å². The maximum atomic E-state index is 4.38. The van der Waals surface area contributed by atoms with Gasteiger partial charge in [-0.1, -0.05) is 30.3 Å². The van der Waals surface area contributed by atoms with Gasteiger partial charge in [-0.3, -0.25) is 0 Å². The summed E-state index contributed by atoms with van der Waals surface area (Å²) in [4.78, 5) is 6.38. The number of aromatic nitrogens is 1. The Hall–Kier alpha value is -1.83. The standard InChI is InChI=1S/C13H14N2/c1-15(2)13-9-8-12(10-14-13)11-6-4-3-5-7-11/h3-10H,1-2H3. The predicted molar refractivity (Wildman–Crippen MR) is 64.0 cm³/mol. The molecule has 0 unspecified atom stereocenters. The van der Waals surface area contributed by atoms with Crippen molar-refractivity contribution in [2.75, 3.05) is 19.0 Å². The van der Waals surface area contributed by atoms with E-state index < -0.39 is 0 Å². The van der Waals surface area contributed by atoms with Gasteiger partial charge in [0.1, 0.15) is 5.82 Å². The van der Waals surface area contributed by atoms with Gasteiger partial charge in [0.2, 0.25) is 0 Å². The second kappa shape index (κ2) is 4.13. The Bertz CT molecular complexity index is 418. The lowest BCUT2D eigenvalue weighted by atomic mass is 10.1. The van der Waals surface area contributed by atoms with E-state index in [2.05, 4.69) is 23.2 Å². The molecule has 2 nitrogen and oxygen atoms in total. The summed E-state index contributed by atoms with van der Waals surface area (Å²) in [5.74, 6) is 0.981. The molecule has 0 fully saturated rings. The lowest BCUT2D eigenvalue weighted by Gasteiger charge is -2.11. The third-order valence-corrected chi connectivity index (χ3v) is 2.31. The second-order valence-corrected chi connectivity index (χ2v) is 3.67. The van der Waals surface area contributed by atoms with Crippen molar-refractivity contribution in [3.8, 4) is 11.1 Å². The molecule has 0 saturated heterocycles. The lowest BCUT2D eigenvalue weighted by molar-refractivity contribution is 1.07. The van der Waals surface area contributed by atoms with E-state index in [4.69, 9.17) is 0 Å². The summed E-state index contributed by atoms with van der Waals surface area (Å²) in [7, 11) is 3.98. The van der Waals surface area contributed by atoms with Crippen LogP contribution >= 0.6 is 0 Å². The zero-order valence-electron chi connectivity index (χ0n) is 9.01. The van der Waals surface area contributed by atoms with E-state index in [1.54, 1.807) is 0 Å². The normalized spacial score (nSPS) is 10.0. The molecule has 1 aromatic carbocycles. The molecule has 2 aromatic rings. The quantitative estimate of drug-likeness (QED) is 0.737. The largest absolute Gasteiger partial charge is 0.363 e. The summed E-state index contributed by atoms with van der Waals surface area (Å²) < 4.78 is 0. The van der Waals surface area contributed by atoms with Crippen LogP contribution in [0.3, 0.4) is 0 Å². The van der Waals surface area contributed by atoms with E-state index >= 15 is 0 Å². The number of nitrogens with zero attached hydrogens (tertiary/aromatic N) is 2. The van der Waals surface area contributed by atoms with Crippen LogP contribution in [0.1, 0.15) is 0 Å². The highest BCUT2D eigenvalue weighted by Crippen LogP contribution is 2.19. The van der Waals surface area contributed by atoms with Gasteiger partial charge in [-0.05, 0) is 17.7 Å². The number of hydrogen-bond donors (Lipinski definition) is 0. The summed E-state index contributed by atoms with van der Waals surface area (Å²) in [6.45, 7) is 0. The number of hydrogen-bond acceptors (Lipinski definition) is 2. The van der Waals surface area contributed by atoms with Crippen LogP contribution in [0.4, 0.5) is 5.82 Å². The topological polar surface area (TPSA) is 16.1 Å². The minimum Gasteiger partial charge on any atom is -0.363 e. The number of rotatable bonds is 2. The fraction of sp³-hybridized carbons (Fsp3) is 0.154. The summed E-state index contributed by atoms with van der Waals surface area (Å²) in [6, 6.07) is 14.4. The van der Waals surface area contributed by atoms with Gasteiger partial charge >= 0.3 is 0 Å². The molecule has 0 atom stereocenters. The van der Waals surface area contributed by atoms with Crippen LogP contribution in [0.5, 0.6) is 0 Å². The molecule has 0 N–H and O–H groups in total. The van der Waals surface area contributed by atoms with Gasteiger partial charge in [-0.25, -0.2) is 4.98 Å². The van der Waals surface area contributed by atoms with E-state index in [0.29, 0.717) is 0 Å². The Balaban J connectivity index is 2.32.